The van der Waals surface area contributed by atoms with Crippen molar-refractivity contribution in [1.82, 2.24) is 9.97 Å². The molecule has 4 N–H and O–H groups in total. The van der Waals surface area contributed by atoms with Gasteiger partial charge in [-0.1, -0.05) is 17.7 Å². The molecule has 0 aliphatic rings. The highest BCUT2D eigenvalue weighted by atomic mass is 35.5. The van der Waals surface area contributed by atoms with Gasteiger partial charge in [0.25, 0.3) is 5.91 Å². The molecule has 8 heteroatoms. The van der Waals surface area contributed by atoms with Gasteiger partial charge in [-0.25, -0.2) is 9.78 Å². The van der Waals surface area contributed by atoms with E-state index >= 15 is 0 Å². The van der Waals surface area contributed by atoms with Crippen molar-refractivity contribution in [1.29, 1.82) is 0 Å². The molecule has 7 nitrogen and oxygen atoms in total. The predicted octanol–water partition coefficient (Wildman–Crippen LogP) is 1.87. The molecule has 2 rings (SSSR count). The predicted molar refractivity (Wildman–Crippen MR) is 74.6 cm³/mol. The highest BCUT2D eigenvalue weighted by molar-refractivity contribution is 6.29. The van der Waals surface area contributed by atoms with Crippen LogP contribution in [0.3, 0.4) is 0 Å². The van der Waals surface area contributed by atoms with Gasteiger partial charge in [-0.15, -0.1) is 0 Å². The smallest absolute Gasteiger partial charge is 0.316 e. The van der Waals surface area contributed by atoms with Gasteiger partial charge < -0.3 is 16.4 Å². The minimum absolute atomic E-state index is 0.0887. The third-order valence-electron chi connectivity index (χ3n) is 2.23. The number of nitrogens with zero attached hydrogens (tertiary/aromatic N) is 2. The van der Waals surface area contributed by atoms with Crippen molar-refractivity contribution in [2.24, 2.45) is 5.73 Å². The Balaban J connectivity index is 2.13. The second-order valence-corrected chi connectivity index (χ2v) is 4.14. The number of carbonyl (C=O) groups excluding carboxylic acids is 2. The molecule has 0 fully saturated rings. The van der Waals surface area contributed by atoms with Gasteiger partial charge in [0.15, 0.2) is 0 Å². The number of hydrogen-bond donors (Lipinski definition) is 3. The van der Waals surface area contributed by atoms with Crippen LogP contribution < -0.4 is 16.4 Å². The zero-order valence-electron chi connectivity index (χ0n) is 10.1. The number of hydrogen-bond acceptors (Lipinski definition) is 4. The molecule has 0 spiro atoms. The Bertz CT molecular complexity index is 662. The molecule has 0 atom stereocenters. The number of nitrogens with two attached hydrogens (primary N) is 1. The van der Waals surface area contributed by atoms with Gasteiger partial charge in [0, 0.05) is 11.4 Å². The Morgan fingerprint density at radius 2 is 1.85 bits per heavy atom. The summed E-state index contributed by atoms with van der Waals surface area (Å²) < 4.78 is 0. The summed E-state index contributed by atoms with van der Waals surface area (Å²) in [6.07, 6.45) is 2.63. The lowest BCUT2D eigenvalue weighted by atomic mass is 10.2. The first-order valence-electron chi connectivity index (χ1n) is 5.50. The lowest BCUT2D eigenvalue weighted by Crippen LogP contribution is -2.19. The summed E-state index contributed by atoms with van der Waals surface area (Å²) in [6.45, 7) is 0. The maximum absolute atomic E-state index is 11.9. The molecule has 102 valence electrons. The summed E-state index contributed by atoms with van der Waals surface area (Å²) in [5.41, 5.74) is 6.04. The van der Waals surface area contributed by atoms with E-state index in [1.54, 1.807) is 24.3 Å². The number of anilines is 2. The first-order valence-corrected chi connectivity index (χ1v) is 5.88. The van der Waals surface area contributed by atoms with Crippen LogP contribution in [0.15, 0.2) is 36.7 Å². The number of benzene rings is 1. The number of urea groups is 1. The quantitative estimate of drug-likeness (QED) is 0.801. The maximum atomic E-state index is 11.9. The fourth-order valence-corrected chi connectivity index (χ4v) is 1.61. The molecule has 3 amide bonds. The Labute approximate surface area is 119 Å². The van der Waals surface area contributed by atoms with Gasteiger partial charge >= 0.3 is 6.03 Å². The van der Waals surface area contributed by atoms with Crippen LogP contribution in [0.5, 0.6) is 0 Å². The van der Waals surface area contributed by atoms with Crippen molar-refractivity contribution in [2.45, 2.75) is 0 Å². The van der Waals surface area contributed by atoms with Crippen LogP contribution in [0.4, 0.5) is 16.2 Å². The van der Waals surface area contributed by atoms with Gasteiger partial charge in [-0.2, -0.15) is 0 Å². The van der Waals surface area contributed by atoms with Crippen molar-refractivity contribution in [3.05, 3.63) is 47.5 Å². The number of aromatic nitrogens is 2. The second-order valence-electron chi connectivity index (χ2n) is 3.75. The van der Waals surface area contributed by atoms with Crippen LogP contribution in [-0.4, -0.2) is 21.9 Å². The number of primary amides is 1. The molecule has 1 aromatic heterocycles. The van der Waals surface area contributed by atoms with Crippen molar-refractivity contribution in [2.75, 3.05) is 10.6 Å². The molecule has 0 radical (unpaired) electrons. The normalized spacial score (nSPS) is 9.85. The number of carbonyl (C=O) groups is 2. The van der Waals surface area contributed by atoms with Gasteiger partial charge in [-0.3, -0.25) is 9.78 Å². The van der Waals surface area contributed by atoms with E-state index in [0.717, 1.165) is 0 Å². The third-order valence-corrected chi connectivity index (χ3v) is 2.41. The van der Waals surface area contributed by atoms with Crippen LogP contribution >= 0.6 is 11.6 Å². The average Bonchev–Trinajstić information content (AvgIpc) is 2.38. The highest BCUT2D eigenvalue weighted by Gasteiger charge is 2.09. The fourth-order valence-electron chi connectivity index (χ4n) is 1.46. The Hall–Kier alpha value is -2.67. The largest absolute Gasteiger partial charge is 0.351 e. The second kappa shape index (κ2) is 5.98. The maximum Gasteiger partial charge on any atom is 0.316 e. The molecule has 0 aliphatic heterocycles. The number of halogens is 1. The minimum atomic E-state index is -0.686. The molecular weight excluding hydrogens is 282 g/mol. The molecule has 1 aromatic carbocycles. The standard InChI is InChI=1S/C12H10ClN5O2/c13-10-6-15-5-9(18-10)11(19)16-7-2-1-3-8(4-7)17-12(14)20/h1-6H,(H,16,19)(H3,14,17,20). The van der Waals surface area contributed by atoms with Crippen LogP contribution in [0.25, 0.3) is 0 Å². The van der Waals surface area contributed by atoms with Crippen molar-refractivity contribution < 1.29 is 9.59 Å². The van der Waals surface area contributed by atoms with Crippen LogP contribution in [0.2, 0.25) is 5.15 Å². The van der Waals surface area contributed by atoms with E-state index in [4.69, 9.17) is 17.3 Å². The molecule has 0 aliphatic carbocycles. The topological polar surface area (TPSA) is 110 Å². The summed E-state index contributed by atoms with van der Waals surface area (Å²) in [4.78, 5) is 30.3. The zero-order chi connectivity index (χ0) is 14.5. The number of nitrogens with one attached hydrogen (secondary N) is 2. The van der Waals surface area contributed by atoms with Gasteiger partial charge in [0.1, 0.15) is 10.8 Å². The van der Waals surface area contributed by atoms with Crippen molar-refractivity contribution >= 4 is 34.9 Å². The Morgan fingerprint density at radius 1 is 1.15 bits per heavy atom. The van der Waals surface area contributed by atoms with Gasteiger partial charge in [0.2, 0.25) is 0 Å². The van der Waals surface area contributed by atoms with Crippen molar-refractivity contribution in [3.8, 4) is 0 Å². The molecule has 2 aromatic rings. The average molecular weight is 292 g/mol. The van der Waals surface area contributed by atoms with Crippen molar-refractivity contribution in [3.63, 3.8) is 0 Å². The van der Waals surface area contributed by atoms with Gasteiger partial charge in [-0.05, 0) is 18.2 Å². The third kappa shape index (κ3) is 3.66. The molecule has 0 saturated carbocycles. The highest BCUT2D eigenvalue weighted by Crippen LogP contribution is 2.15. The van der Waals surface area contributed by atoms with E-state index < -0.39 is 11.9 Å². The fraction of sp³-hybridized carbons (Fsp3) is 0. The molecular formula is C12H10ClN5O2. The van der Waals surface area contributed by atoms with Crippen LogP contribution in [0, 0.1) is 0 Å². The number of rotatable bonds is 3. The van der Waals surface area contributed by atoms with E-state index in [2.05, 4.69) is 20.6 Å². The van der Waals surface area contributed by atoms with Crippen LogP contribution in [0.1, 0.15) is 10.5 Å². The summed E-state index contributed by atoms with van der Waals surface area (Å²) in [5, 5.41) is 5.14. The van der Waals surface area contributed by atoms with E-state index in [0.29, 0.717) is 11.4 Å². The lowest BCUT2D eigenvalue weighted by molar-refractivity contribution is 0.102. The summed E-state index contributed by atoms with van der Waals surface area (Å²) >= 11 is 5.66. The Morgan fingerprint density at radius 3 is 2.50 bits per heavy atom. The summed E-state index contributed by atoms with van der Waals surface area (Å²) in [6, 6.07) is 5.82. The lowest BCUT2D eigenvalue weighted by Gasteiger charge is -2.07. The summed E-state index contributed by atoms with van der Waals surface area (Å²) in [7, 11) is 0. The monoisotopic (exact) mass is 291 g/mol. The van der Waals surface area contributed by atoms with Crippen LogP contribution in [-0.2, 0) is 0 Å². The first-order chi connectivity index (χ1) is 9.54. The minimum Gasteiger partial charge on any atom is -0.351 e. The molecule has 0 bridgehead atoms. The van der Waals surface area contributed by atoms with E-state index in [1.165, 1.54) is 12.4 Å². The van der Waals surface area contributed by atoms with E-state index in [9.17, 15) is 9.59 Å². The molecule has 0 saturated heterocycles. The van der Waals surface area contributed by atoms with E-state index in [-0.39, 0.29) is 10.8 Å². The molecule has 0 unspecified atom stereocenters. The van der Waals surface area contributed by atoms with Gasteiger partial charge in [0.05, 0.1) is 12.4 Å². The molecule has 20 heavy (non-hydrogen) atoms. The Kier molecular flexibility index (Phi) is 4.11. The first kappa shape index (κ1) is 13.8. The summed E-state index contributed by atoms with van der Waals surface area (Å²) in [5.74, 6) is -0.462. The zero-order valence-corrected chi connectivity index (χ0v) is 10.9. The van der Waals surface area contributed by atoms with E-state index in [1.807, 2.05) is 0 Å². The SMILES string of the molecule is NC(=O)Nc1cccc(NC(=O)c2cncc(Cl)n2)c1. The number of amides is 3. The molecule has 1 heterocycles.